The topological polar surface area (TPSA) is 66.3 Å². The van der Waals surface area contributed by atoms with Gasteiger partial charge < -0.3 is 10.0 Å². The van der Waals surface area contributed by atoms with Gasteiger partial charge in [0.15, 0.2) is 0 Å². The monoisotopic (exact) mass is 291 g/mol. The number of halogens is 1. The van der Waals surface area contributed by atoms with E-state index in [9.17, 15) is 4.79 Å². The van der Waals surface area contributed by atoms with Gasteiger partial charge in [0.05, 0.1) is 5.56 Å². The first-order chi connectivity index (χ1) is 9.60. The molecule has 2 aromatic heterocycles. The van der Waals surface area contributed by atoms with Gasteiger partial charge in [-0.25, -0.2) is 9.78 Å². The van der Waals surface area contributed by atoms with Crippen LogP contribution in [0.2, 0.25) is 5.15 Å². The molecule has 0 saturated heterocycles. The molecular formula is C14H14ClN3O2. The molecule has 104 valence electrons. The normalized spacial score (nSPS) is 10.3. The number of carbonyl (C=O) groups is 1. The zero-order valence-corrected chi connectivity index (χ0v) is 11.7. The van der Waals surface area contributed by atoms with Gasteiger partial charge >= 0.3 is 5.97 Å². The van der Waals surface area contributed by atoms with Gasteiger partial charge in [0.2, 0.25) is 0 Å². The van der Waals surface area contributed by atoms with Gasteiger partial charge in [-0.1, -0.05) is 11.6 Å². The SMILES string of the molecule is CCN(Cc1ccncc1)c1cc(C(=O)O)cc(Cl)n1. The summed E-state index contributed by atoms with van der Waals surface area (Å²) in [5.41, 5.74) is 1.20. The fourth-order valence-corrected chi connectivity index (χ4v) is 2.04. The first-order valence-electron chi connectivity index (χ1n) is 6.15. The van der Waals surface area contributed by atoms with E-state index >= 15 is 0 Å². The molecule has 0 saturated carbocycles. The number of pyridine rings is 2. The highest BCUT2D eigenvalue weighted by Crippen LogP contribution is 2.20. The summed E-state index contributed by atoms with van der Waals surface area (Å²) in [4.78, 5) is 21.2. The molecule has 20 heavy (non-hydrogen) atoms. The number of carboxylic acids is 1. The van der Waals surface area contributed by atoms with E-state index < -0.39 is 5.97 Å². The molecule has 0 fully saturated rings. The maximum Gasteiger partial charge on any atom is 0.335 e. The van der Waals surface area contributed by atoms with Crippen molar-refractivity contribution in [2.24, 2.45) is 0 Å². The lowest BCUT2D eigenvalue weighted by Crippen LogP contribution is -2.23. The van der Waals surface area contributed by atoms with Gasteiger partial charge in [-0.2, -0.15) is 0 Å². The van der Waals surface area contributed by atoms with Crippen molar-refractivity contribution in [2.75, 3.05) is 11.4 Å². The first-order valence-corrected chi connectivity index (χ1v) is 6.52. The molecule has 0 atom stereocenters. The quantitative estimate of drug-likeness (QED) is 0.858. The Labute approximate surface area is 121 Å². The van der Waals surface area contributed by atoms with Crippen LogP contribution in [0.15, 0.2) is 36.7 Å². The molecule has 0 bridgehead atoms. The van der Waals surface area contributed by atoms with Crippen LogP contribution in [0.3, 0.4) is 0 Å². The second kappa shape index (κ2) is 6.34. The van der Waals surface area contributed by atoms with Crippen LogP contribution in [-0.4, -0.2) is 27.6 Å². The highest BCUT2D eigenvalue weighted by molar-refractivity contribution is 6.29. The second-order valence-corrected chi connectivity index (χ2v) is 4.60. The molecule has 2 aromatic rings. The van der Waals surface area contributed by atoms with Crippen LogP contribution in [0.5, 0.6) is 0 Å². The van der Waals surface area contributed by atoms with Gasteiger partial charge in [-0.3, -0.25) is 4.98 Å². The molecule has 0 aromatic carbocycles. The van der Waals surface area contributed by atoms with E-state index in [1.165, 1.54) is 12.1 Å². The van der Waals surface area contributed by atoms with Crippen LogP contribution in [0.4, 0.5) is 5.82 Å². The Morgan fingerprint density at radius 2 is 2.05 bits per heavy atom. The van der Waals surface area contributed by atoms with Gasteiger partial charge in [0, 0.05) is 25.5 Å². The number of aromatic carboxylic acids is 1. The summed E-state index contributed by atoms with van der Waals surface area (Å²) in [6.45, 7) is 3.28. The fourth-order valence-electron chi connectivity index (χ4n) is 1.83. The lowest BCUT2D eigenvalue weighted by atomic mass is 10.2. The Bertz CT molecular complexity index is 605. The van der Waals surface area contributed by atoms with Crippen molar-refractivity contribution >= 4 is 23.4 Å². The average molecular weight is 292 g/mol. The molecule has 2 heterocycles. The van der Waals surface area contributed by atoms with Crippen LogP contribution in [0.1, 0.15) is 22.8 Å². The Morgan fingerprint density at radius 3 is 2.65 bits per heavy atom. The van der Waals surface area contributed by atoms with Crippen LogP contribution in [0, 0.1) is 0 Å². The van der Waals surface area contributed by atoms with Crippen LogP contribution < -0.4 is 4.90 Å². The molecule has 2 rings (SSSR count). The third-order valence-electron chi connectivity index (χ3n) is 2.86. The van der Waals surface area contributed by atoms with E-state index in [0.29, 0.717) is 18.9 Å². The summed E-state index contributed by atoms with van der Waals surface area (Å²) < 4.78 is 0. The Balaban J connectivity index is 2.29. The maximum absolute atomic E-state index is 11.1. The third-order valence-corrected chi connectivity index (χ3v) is 3.05. The minimum absolute atomic E-state index is 0.133. The van der Waals surface area contributed by atoms with Crippen LogP contribution in [0.25, 0.3) is 0 Å². The highest BCUT2D eigenvalue weighted by Gasteiger charge is 2.12. The molecule has 0 radical (unpaired) electrons. The van der Waals surface area contributed by atoms with E-state index in [0.717, 1.165) is 5.56 Å². The number of nitrogens with zero attached hydrogens (tertiary/aromatic N) is 3. The smallest absolute Gasteiger partial charge is 0.335 e. The molecule has 0 unspecified atom stereocenters. The summed E-state index contributed by atoms with van der Waals surface area (Å²) in [5, 5.41) is 9.24. The van der Waals surface area contributed by atoms with E-state index in [4.69, 9.17) is 16.7 Å². The number of hydrogen-bond donors (Lipinski definition) is 1. The van der Waals surface area contributed by atoms with E-state index in [2.05, 4.69) is 9.97 Å². The summed E-state index contributed by atoms with van der Waals surface area (Å²) in [5.74, 6) is -0.468. The van der Waals surface area contributed by atoms with Crippen molar-refractivity contribution in [3.8, 4) is 0 Å². The molecule has 0 aliphatic rings. The van der Waals surface area contributed by atoms with Crippen LogP contribution in [-0.2, 0) is 6.54 Å². The summed E-state index contributed by atoms with van der Waals surface area (Å²) >= 11 is 5.89. The largest absolute Gasteiger partial charge is 0.478 e. The van der Waals surface area contributed by atoms with Gasteiger partial charge in [0.25, 0.3) is 0 Å². The number of aromatic nitrogens is 2. The molecule has 0 aliphatic carbocycles. The van der Waals surface area contributed by atoms with E-state index in [1.807, 2.05) is 24.0 Å². The van der Waals surface area contributed by atoms with E-state index in [-0.39, 0.29) is 10.7 Å². The van der Waals surface area contributed by atoms with Crippen molar-refractivity contribution in [3.05, 3.63) is 52.9 Å². The minimum Gasteiger partial charge on any atom is -0.478 e. The molecule has 0 spiro atoms. The Hall–Kier alpha value is -2.14. The van der Waals surface area contributed by atoms with Crippen molar-refractivity contribution in [1.29, 1.82) is 0 Å². The standard InChI is InChI=1S/C14H14ClN3O2/c1-2-18(9-10-3-5-16-6-4-10)13-8-11(14(19)20)7-12(15)17-13/h3-8H,2,9H2,1H3,(H,19,20). The van der Waals surface area contributed by atoms with Gasteiger partial charge in [0.1, 0.15) is 11.0 Å². The maximum atomic E-state index is 11.1. The van der Waals surface area contributed by atoms with Gasteiger partial charge in [-0.05, 0) is 36.8 Å². The number of anilines is 1. The molecule has 0 aliphatic heterocycles. The predicted molar refractivity (Wildman–Crippen MR) is 77.2 cm³/mol. The summed E-state index contributed by atoms with van der Waals surface area (Å²) in [6.07, 6.45) is 3.44. The minimum atomic E-state index is -1.02. The second-order valence-electron chi connectivity index (χ2n) is 4.21. The lowest BCUT2D eigenvalue weighted by Gasteiger charge is -2.22. The highest BCUT2D eigenvalue weighted by atomic mass is 35.5. The molecule has 5 nitrogen and oxygen atoms in total. The summed E-state index contributed by atoms with van der Waals surface area (Å²) in [6, 6.07) is 6.68. The molecular weight excluding hydrogens is 278 g/mol. The predicted octanol–water partition coefficient (Wildman–Crippen LogP) is 2.85. The molecule has 1 N–H and O–H groups in total. The van der Waals surface area contributed by atoms with E-state index in [1.54, 1.807) is 12.4 Å². The zero-order chi connectivity index (χ0) is 14.5. The number of carboxylic acid groups (broad SMARTS) is 1. The Morgan fingerprint density at radius 1 is 1.35 bits per heavy atom. The van der Waals surface area contributed by atoms with Crippen molar-refractivity contribution < 1.29 is 9.90 Å². The zero-order valence-electron chi connectivity index (χ0n) is 11.0. The summed E-state index contributed by atoms with van der Waals surface area (Å²) in [7, 11) is 0. The number of rotatable bonds is 5. The first kappa shape index (κ1) is 14.3. The van der Waals surface area contributed by atoms with Crippen molar-refractivity contribution in [3.63, 3.8) is 0 Å². The Kier molecular flexibility index (Phi) is 4.53. The van der Waals surface area contributed by atoms with Crippen molar-refractivity contribution in [1.82, 2.24) is 9.97 Å². The molecule has 6 heteroatoms. The van der Waals surface area contributed by atoms with Crippen molar-refractivity contribution in [2.45, 2.75) is 13.5 Å². The third kappa shape index (κ3) is 3.45. The average Bonchev–Trinajstić information content (AvgIpc) is 2.45. The fraction of sp³-hybridized carbons (Fsp3) is 0.214. The molecule has 0 amide bonds. The van der Waals surface area contributed by atoms with Gasteiger partial charge in [-0.15, -0.1) is 0 Å². The number of hydrogen-bond acceptors (Lipinski definition) is 4. The lowest BCUT2D eigenvalue weighted by molar-refractivity contribution is 0.0697. The van der Waals surface area contributed by atoms with Crippen LogP contribution >= 0.6 is 11.6 Å².